The zero-order valence-electron chi connectivity index (χ0n) is 10.9. The molecule has 0 fully saturated rings. The molecule has 0 unspecified atom stereocenters. The molecule has 0 saturated heterocycles. The molecule has 6 heteroatoms. The lowest BCUT2D eigenvalue weighted by molar-refractivity contribution is 0.432. The van der Waals surface area contributed by atoms with Crippen LogP contribution in [0.1, 0.15) is 12.5 Å². The van der Waals surface area contributed by atoms with Crippen LogP contribution in [0.15, 0.2) is 41.4 Å². The summed E-state index contributed by atoms with van der Waals surface area (Å²) in [7, 11) is 0. The van der Waals surface area contributed by atoms with Crippen molar-refractivity contribution in [2.75, 3.05) is 5.73 Å². The number of aromatic nitrogens is 4. The van der Waals surface area contributed by atoms with E-state index in [1.165, 1.54) is 0 Å². The smallest absolute Gasteiger partial charge is 0.260 e. The van der Waals surface area contributed by atoms with Crippen LogP contribution in [-0.4, -0.2) is 20.1 Å². The maximum Gasteiger partial charge on any atom is 0.260 e. The van der Waals surface area contributed by atoms with Gasteiger partial charge < -0.3 is 10.3 Å². The third-order valence-electron chi connectivity index (χ3n) is 3.03. The topological polar surface area (TPSA) is 90.7 Å². The van der Waals surface area contributed by atoms with Crippen LogP contribution in [0, 0.1) is 0 Å². The Morgan fingerprint density at radius 3 is 2.60 bits per heavy atom. The predicted octanol–water partition coefficient (Wildman–Crippen LogP) is 2.34. The van der Waals surface area contributed by atoms with E-state index in [-0.39, 0.29) is 0 Å². The molecule has 0 atom stereocenters. The van der Waals surface area contributed by atoms with Crippen molar-refractivity contribution >= 4 is 5.69 Å². The summed E-state index contributed by atoms with van der Waals surface area (Å²) < 4.78 is 5.30. The molecule has 3 aromatic heterocycles. The van der Waals surface area contributed by atoms with E-state index in [4.69, 9.17) is 10.3 Å². The van der Waals surface area contributed by atoms with Crippen LogP contribution < -0.4 is 5.73 Å². The van der Waals surface area contributed by atoms with Gasteiger partial charge in [-0.15, -0.1) is 0 Å². The maximum atomic E-state index is 5.86. The second kappa shape index (κ2) is 5.08. The summed E-state index contributed by atoms with van der Waals surface area (Å²) in [5.41, 5.74) is 9.04. The molecule has 2 N–H and O–H groups in total. The van der Waals surface area contributed by atoms with Crippen molar-refractivity contribution in [2.45, 2.75) is 13.3 Å². The van der Waals surface area contributed by atoms with Gasteiger partial charge in [0.25, 0.3) is 5.89 Å². The van der Waals surface area contributed by atoms with E-state index in [0.717, 1.165) is 17.5 Å². The van der Waals surface area contributed by atoms with Crippen molar-refractivity contribution in [2.24, 2.45) is 0 Å². The minimum atomic E-state index is 0.388. The first-order chi connectivity index (χ1) is 9.79. The van der Waals surface area contributed by atoms with Gasteiger partial charge in [-0.2, -0.15) is 4.98 Å². The van der Waals surface area contributed by atoms with Crippen molar-refractivity contribution in [1.29, 1.82) is 0 Å². The summed E-state index contributed by atoms with van der Waals surface area (Å²) in [5.74, 6) is 0.925. The monoisotopic (exact) mass is 267 g/mol. The van der Waals surface area contributed by atoms with Gasteiger partial charge in [0.1, 0.15) is 0 Å². The van der Waals surface area contributed by atoms with Crippen LogP contribution in [-0.2, 0) is 6.42 Å². The van der Waals surface area contributed by atoms with Gasteiger partial charge in [-0.05, 0) is 24.1 Å². The highest BCUT2D eigenvalue weighted by atomic mass is 16.5. The Morgan fingerprint density at radius 2 is 1.85 bits per heavy atom. The van der Waals surface area contributed by atoms with Gasteiger partial charge in [0, 0.05) is 24.2 Å². The highest BCUT2D eigenvalue weighted by Crippen LogP contribution is 2.27. The first-order valence-corrected chi connectivity index (χ1v) is 6.26. The average molecular weight is 267 g/mol. The molecule has 0 aliphatic rings. The fraction of sp³-hybridized carbons (Fsp3) is 0.143. The molecule has 3 heterocycles. The Morgan fingerprint density at radius 1 is 1.10 bits per heavy atom. The summed E-state index contributed by atoms with van der Waals surface area (Å²) >= 11 is 0. The predicted molar refractivity (Wildman–Crippen MR) is 74.6 cm³/mol. The van der Waals surface area contributed by atoms with Gasteiger partial charge in [0.05, 0.1) is 17.4 Å². The van der Waals surface area contributed by atoms with Crippen molar-refractivity contribution in [3.05, 3.63) is 42.5 Å². The molecule has 0 aliphatic heterocycles. The van der Waals surface area contributed by atoms with E-state index < -0.39 is 0 Å². The number of hydrogen-bond donors (Lipinski definition) is 1. The summed E-state index contributed by atoms with van der Waals surface area (Å²) in [6.07, 6.45) is 7.57. The molecule has 0 aliphatic carbocycles. The van der Waals surface area contributed by atoms with Crippen LogP contribution >= 0.6 is 0 Å². The Hall–Kier alpha value is -2.76. The third-order valence-corrected chi connectivity index (χ3v) is 3.03. The summed E-state index contributed by atoms with van der Waals surface area (Å²) in [4.78, 5) is 12.5. The number of rotatable bonds is 3. The van der Waals surface area contributed by atoms with E-state index in [2.05, 4.69) is 27.0 Å². The largest absolute Gasteiger partial charge is 0.397 e. The number of anilines is 1. The van der Waals surface area contributed by atoms with Gasteiger partial charge in [-0.1, -0.05) is 12.1 Å². The van der Waals surface area contributed by atoms with Gasteiger partial charge in [-0.25, -0.2) is 0 Å². The first kappa shape index (κ1) is 12.3. The fourth-order valence-corrected chi connectivity index (χ4v) is 1.97. The molecule has 0 aromatic carbocycles. The lowest BCUT2D eigenvalue weighted by atomic mass is 10.1. The number of hydrogen-bond acceptors (Lipinski definition) is 6. The van der Waals surface area contributed by atoms with E-state index in [1.807, 2.05) is 12.3 Å². The van der Waals surface area contributed by atoms with E-state index in [0.29, 0.717) is 23.0 Å². The zero-order valence-corrected chi connectivity index (χ0v) is 10.9. The fourth-order valence-electron chi connectivity index (χ4n) is 1.97. The third kappa shape index (κ3) is 2.11. The molecular formula is C14H13N5O. The molecule has 0 spiro atoms. The number of aryl methyl sites for hydroxylation is 1. The number of nitrogen functional groups attached to an aromatic ring is 1. The van der Waals surface area contributed by atoms with Crippen molar-refractivity contribution in [1.82, 2.24) is 20.1 Å². The molecule has 20 heavy (non-hydrogen) atoms. The maximum absolute atomic E-state index is 5.86. The molecule has 0 bridgehead atoms. The van der Waals surface area contributed by atoms with Crippen LogP contribution in [0.5, 0.6) is 0 Å². The van der Waals surface area contributed by atoms with E-state index in [9.17, 15) is 0 Å². The standard InChI is InChI=1S/C14H13N5O/c1-2-9-7-16-5-3-10(9)13-18-14(20-19-13)11-4-6-17-8-12(11)15/h3-8H,2,15H2,1H3. The highest BCUT2D eigenvalue weighted by Gasteiger charge is 2.14. The second-order valence-electron chi connectivity index (χ2n) is 4.27. The Balaban J connectivity index is 2.05. The van der Waals surface area contributed by atoms with Crippen LogP contribution in [0.3, 0.4) is 0 Å². The summed E-state index contributed by atoms with van der Waals surface area (Å²) in [6.45, 7) is 2.06. The highest BCUT2D eigenvalue weighted by molar-refractivity contribution is 5.70. The Kier molecular flexibility index (Phi) is 3.12. The quantitative estimate of drug-likeness (QED) is 0.783. The van der Waals surface area contributed by atoms with Gasteiger partial charge in [0.2, 0.25) is 5.82 Å². The first-order valence-electron chi connectivity index (χ1n) is 6.26. The van der Waals surface area contributed by atoms with Gasteiger partial charge in [-0.3, -0.25) is 9.97 Å². The Labute approximate surface area is 115 Å². The average Bonchev–Trinajstić information content (AvgIpc) is 2.97. The van der Waals surface area contributed by atoms with Crippen molar-refractivity contribution in [3.63, 3.8) is 0 Å². The molecule has 0 radical (unpaired) electrons. The minimum absolute atomic E-state index is 0.388. The molecule has 6 nitrogen and oxygen atoms in total. The van der Waals surface area contributed by atoms with E-state index >= 15 is 0 Å². The Bertz CT molecular complexity index is 738. The second-order valence-corrected chi connectivity index (χ2v) is 4.27. The van der Waals surface area contributed by atoms with E-state index in [1.54, 1.807) is 24.7 Å². The van der Waals surface area contributed by atoms with Crippen LogP contribution in [0.2, 0.25) is 0 Å². The number of pyridine rings is 2. The molecule has 0 saturated carbocycles. The van der Waals surface area contributed by atoms with Crippen molar-refractivity contribution < 1.29 is 4.52 Å². The minimum Gasteiger partial charge on any atom is -0.397 e. The normalized spacial score (nSPS) is 10.7. The molecule has 100 valence electrons. The van der Waals surface area contributed by atoms with Gasteiger partial charge >= 0.3 is 0 Å². The molecule has 3 rings (SSSR count). The van der Waals surface area contributed by atoms with Crippen molar-refractivity contribution in [3.8, 4) is 22.8 Å². The number of nitrogens with two attached hydrogens (primary N) is 1. The molecule has 0 amide bonds. The lowest BCUT2D eigenvalue weighted by Gasteiger charge is -2.01. The SMILES string of the molecule is CCc1cnccc1-c1noc(-c2ccncc2N)n1. The van der Waals surface area contributed by atoms with Gasteiger partial charge in [0.15, 0.2) is 0 Å². The lowest BCUT2D eigenvalue weighted by Crippen LogP contribution is -1.92. The molecule has 3 aromatic rings. The summed E-state index contributed by atoms with van der Waals surface area (Å²) in [5, 5.41) is 4.02. The molecular weight excluding hydrogens is 254 g/mol. The zero-order chi connectivity index (χ0) is 13.9. The summed E-state index contributed by atoms with van der Waals surface area (Å²) in [6, 6.07) is 3.63. The number of nitrogens with zero attached hydrogens (tertiary/aromatic N) is 4. The van der Waals surface area contributed by atoms with Crippen LogP contribution in [0.25, 0.3) is 22.8 Å². The van der Waals surface area contributed by atoms with Crippen LogP contribution in [0.4, 0.5) is 5.69 Å².